The van der Waals surface area contributed by atoms with Crippen molar-refractivity contribution in [3.8, 4) is 0 Å². The van der Waals surface area contributed by atoms with Crippen molar-refractivity contribution in [2.75, 3.05) is 49.5 Å². The number of aromatic nitrogens is 2. The topological polar surface area (TPSA) is 85.1 Å². The Morgan fingerprint density at radius 1 is 1.08 bits per heavy atom. The highest BCUT2D eigenvalue weighted by Gasteiger charge is 2.16. The number of piperidine rings is 1. The van der Waals surface area contributed by atoms with Gasteiger partial charge in [0.05, 0.1) is 10.9 Å². The molecule has 3 heterocycles. The first kappa shape index (κ1) is 15.4. The summed E-state index contributed by atoms with van der Waals surface area (Å²) in [6.07, 6.45) is 2.21. The van der Waals surface area contributed by atoms with Crippen molar-refractivity contribution in [1.29, 1.82) is 0 Å². The Morgan fingerprint density at radius 2 is 1.83 bits per heavy atom. The van der Waals surface area contributed by atoms with E-state index in [-0.39, 0.29) is 5.56 Å². The van der Waals surface area contributed by atoms with E-state index in [0.717, 1.165) is 63.3 Å². The van der Waals surface area contributed by atoms with Crippen LogP contribution >= 0.6 is 0 Å². The van der Waals surface area contributed by atoms with Crippen molar-refractivity contribution < 1.29 is 0 Å². The van der Waals surface area contributed by atoms with Crippen molar-refractivity contribution in [2.24, 2.45) is 0 Å². The quantitative estimate of drug-likeness (QED) is 0.656. The number of piperazine rings is 1. The van der Waals surface area contributed by atoms with Crippen LogP contribution in [-0.2, 0) is 0 Å². The number of nitrogens with zero attached hydrogens (tertiary/aromatic N) is 2. The van der Waals surface area contributed by atoms with E-state index in [1.54, 1.807) is 0 Å². The number of hydrogen-bond acceptors (Lipinski definition) is 6. The third kappa shape index (κ3) is 3.22. The molecule has 2 fully saturated rings. The fourth-order valence-electron chi connectivity index (χ4n) is 3.44. The Hall–Kier alpha value is -2.12. The normalized spacial score (nSPS) is 19.6. The van der Waals surface area contributed by atoms with Gasteiger partial charge in [-0.1, -0.05) is 0 Å². The molecule has 7 heteroatoms. The average molecular weight is 328 g/mol. The fourth-order valence-corrected chi connectivity index (χ4v) is 3.44. The van der Waals surface area contributed by atoms with E-state index in [4.69, 9.17) is 0 Å². The van der Waals surface area contributed by atoms with Crippen LogP contribution in [0.5, 0.6) is 0 Å². The maximum atomic E-state index is 12.5. The van der Waals surface area contributed by atoms with Gasteiger partial charge in [-0.05, 0) is 44.1 Å². The zero-order chi connectivity index (χ0) is 16.4. The molecule has 0 atom stereocenters. The van der Waals surface area contributed by atoms with Crippen LogP contribution in [0.1, 0.15) is 12.8 Å². The number of nitrogens with one attached hydrogen (secondary N) is 4. The van der Waals surface area contributed by atoms with E-state index in [2.05, 4.69) is 30.8 Å². The molecule has 0 aliphatic carbocycles. The number of fused-ring (bicyclic) bond motifs is 1. The molecule has 2 aliphatic heterocycles. The van der Waals surface area contributed by atoms with Crippen molar-refractivity contribution in [1.82, 2.24) is 20.6 Å². The van der Waals surface area contributed by atoms with Gasteiger partial charge in [-0.15, -0.1) is 0 Å². The average Bonchev–Trinajstić information content (AvgIpc) is 2.64. The van der Waals surface area contributed by atoms with Crippen LogP contribution < -0.4 is 26.4 Å². The van der Waals surface area contributed by atoms with Gasteiger partial charge in [0.25, 0.3) is 5.56 Å². The minimum absolute atomic E-state index is 0.0671. The van der Waals surface area contributed by atoms with Crippen LogP contribution in [0.4, 0.5) is 11.6 Å². The molecular formula is C17H24N6O. The van der Waals surface area contributed by atoms with E-state index in [1.165, 1.54) is 0 Å². The van der Waals surface area contributed by atoms with Gasteiger partial charge in [0.15, 0.2) is 0 Å². The minimum Gasteiger partial charge on any atom is -0.382 e. The zero-order valence-corrected chi connectivity index (χ0v) is 13.8. The van der Waals surface area contributed by atoms with Gasteiger partial charge >= 0.3 is 0 Å². The Balaban J connectivity index is 1.60. The van der Waals surface area contributed by atoms with Crippen LogP contribution in [0.25, 0.3) is 10.9 Å². The second-order valence-corrected chi connectivity index (χ2v) is 6.53. The number of hydrogen-bond donors (Lipinski definition) is 4. The van der Waals surface area contributed by atoms with E-state index in [1.807, 2.05) is 18.2 Å². The van der Waals surface area contributed by atoms with E-state index >= 15 is 0 Å². The molecular weight excluding hydrogens is 304 g/mol. The molecule has 0 amide bonds. The highest BCUT2D eigenvalue weighted by molar-refractivity contribution is 5.82. The summed E-state index contributed by atoms with van der Waals surface area (Å²) >= 11 is 0. The van der Waals surface area contributed by atoms with Crippen LogP contribution in [0.15, 0.2) is 23.0 Å². The van der Waals surface area contributed by atoms with Gasteiger partial charge < -0.3 is 20.9 Å². The molecule has 0 unspecified atom stereocenters. The highest BCUT2D eigenvalue weighted by Crippen LogP contribution is 2.19. The van der Waals surface area contributed by atoms with Crippen LogP contribution in [0.2, 0.25) is 0 Å². The first-order valence-corrected chi connectivity index (χ1v) is 8.76. The Kier molecular flexibility index (Phi) is 4.36. The summed E-state index contributed by atoms with van der Waals surface area (Å²) in [7, 11) is 0. The summed E-state index contributed by atoms with van der Waals surface area (Å²) in [5.41, 5.74) is 1.68. The van der Waals surface area contributed by atoms with E-state index < -0.39 is 0 Å². The second kappa shape index (κ2) is 6.78. The lowest BCUT2D eigenvalue weighted by Gasteiger charge is -2.28. The third-order valence-corrected chi connectivity index (χ3v) is 4.82. The number of H-pyrrole nitrogens is 1. The highest BCUT2D eigenvalue weighted by atomic mass is 16.1. The van der Waals surface area contributed by atoms with Crippen molar-refractivity contribution in [3.05, 3.63) is 28.6 Å². The Morgan fingerprint density at radius 3 is 2.62 bits per heavy atom. The standard InChI is InChI=1S/C17H24N6O/c24-16-14-11-13(20-12-3-5-18-6-4-12)1-2-15(14)21-17(22-16)23-9-7-19-8-10-23/h1-2,11-12,18-20H,3-10H2,(H,21,22,24). The molecule has 128 valence electrons. The third-order valence-electron chi connectivity index (χ3n) is 4.82. The number of aromatic amines is 1. The SMILES string of the molecule is O=c1[nH]c(N2CCNCC2)nc2ccc(NC3CCNCC3)cc12. The number of rotatable bonds is 3. The van der Waals surface area contributed by atoms with Gasteiger partial charge in [0, 0.05) is 37.9 Å². The number of benzene rings is 1. The lowest BCUT2D eigenvalue weighted by Crippen LogP contribution is -2.44. The maximum absolute atomic E-state index is 12.5. The molecule has 0 radical (unpaired) electrons. The maximum Gasteiger partial charge on any atom is 0.260 e. The first-order valence-electron chi connectivity index (χ1n) is 8.76. The van der Waals surface area contributed by atoms with Crippen LogP contribution in [0, 0.1) is 0 Å². The Bertz CT molecular complexity index is 761. The lowest BCUT2D eigenvalue weighted by atomic mass is 10.1. The van der Waals surface area contributed by atoms with E-state index in [0.29, 0.717) is 17.4 Å². The molecule has 7 nitrogen and oxygen atoms in total. The molecule has 24 heavy (non-hydrogen) atoms. The summed E-state index contributed by atoms with van der Waals surface area (Å²) in [5, 5.41) is 10.9. The summed E-state index contributed by atoms with van der Waals surface area (Å²) in [5.74, 6) is 0.674. The molecule has 0 saturated carbocycles. The zero-order valence-electron chi connectivity index (χ0n) is 13.8. The van der Waals surface area contributed by atoms with Gasteiger partial charge in [0.2, 0.25) is 5.95 Å². The number of anilines is 2. The van der Waals surface area contributed by atoms with Crippen molar-refractivity contribution >= 4 is 22.5 Å². The molecule has 2 aromatic rings. The molecule has 2 aliphatic rings. The van der Waals surface area contributed by atoms with Crippen molar-refractivity contribution in [2.45, 2.75) is 18.9 Å². The molecule has 0 spiro atoms. The minimum atomic E-state index is -0.0671. The molecule has 2 saturated heterocycles. The molecule has 4 rings (SSSR count). The predicted octanol–water partition coefficient (Wildman–Crippen LogP) is 0.497. The first-order chi connectivity index (χ1) is 11.8. The summed E-state index contributed by atoms with van der Waals surface area (Å²) in [6, 6.07) is 6.36. The van der Waals surface area contributed by atoms with Crippen molar-refractivity contribution in [3.63, 3.8) is 0 Å². The van der Waals surface area contributed by atoms with Gasteiger partial charge in [0.1, 0.15) is 0 Å². The van der Waals surface area contributed by atoms with E-state index in [9.17, 15) is 4.79 Å². The molecule has 0 bridgehead atoms. The summed E-state index contributed by atoms with van der Waals surface area (Å²) in [4.78, 5) is 22.2. The largest absolute Gasteiger partial charge is 0.382 e. The molecule has 1 aromatic heterocycles. The predicted molar refractivity (Wildman–Crippen MR) is 97.0 cm³/mol. The monoisotopic (exact) mass is 328 g/mol. The van der Waals surface area contributed by atoms with Crippen LogP contribution in [-0.4, -0.2) is 55.3 Å². The van der Waals surface area contributed by atoms with Crippen LogP contribution in [0.3, 0.4) is 0 Å². The van der Waals surface area contributed by atoms with Gasteiger partial charge in [-0.2, -0.15) is 0 Å². The van der Waals surface area contributed by atoms with Gasteiger partial charge in [-0.3, -0.25) is 9.78 Å². The molecule has 1 aromatic carbocycles. The second-order valence-electron chi connectivity index (χ2n) is 6.53. The lowest BCUT2D eigenvalue weighted by molar-refractivity contribution is 0.479. The Labute approximate surface area is 140 Å². The smallest absolute Gasteiger partial charge is 0.260 e. The van der Waals surface area contributed by atoms with Gasteiger partial charge in [-0.25, -0.2) is 4.98 Å². The molecule has 4 N–H and O–H groups in total. The summed E-state index contributed by atoms with van der Waals surface area (Å²) < 4.78 is 0. The fraction of sp³-hybridized carbons (Fsp3) is 0.529. The summed E-state index contributed by atoms with van der Waals surface area (Å²) in [6.45, 7) is 5.65.